The number of primary amides is 1. The zero-order valence-electron chi connectivity index (χ0n) is 17.1. The van der Waals surface area contributed by atoms with E-state index in [4.69, 9.17) is 20.4 Å². The predicted octanol–water partition coefficient (Wildman–Crippen LogP) is 3.15. The molecule has 1 atom stereocenters. The van der Waals surface area contributed by atoms with Crippen LogP contribution in [0.5, 0.6) is 5.75 Å². The Morgan fingerprint density at radius 2 is 2.10 bits per heavy atom. The molecule has 3 N–H and O–H groups in total. The number of hydrogen-bond acceptors (Lipinski definition) is 6. The third kappa shape index (κ3) is 3.46. The molecule has 31 heavy (non-hydrogen) atoms. The number of carbonyl (C=O) groups is 1. The molecule has 4 heterocycles. The molecule has 1 aliphatic heterocycles. The van der Waals surface area contributed by atoms with Crippen molar-refractivity contribution in [2.45, 2.75) is 18.9 Å². The van der Waals surface area contributed by atoms with Gasteiger partial charge in [0.1, 0.15) is 29.0 Å². The van der Waals surface area contributed by atoms with Crippen molar-refractivity contribution in [3.8, 4) is 28.5 Å². The van der Waals surface area contributed by atoms with Crippen LogP contribution in [0.15, 0.2) is 54.7 Å². The van der Waals surface area contributed by atoms with Gasteiger partial charge in [0.15, 0.2) is 5.82 Å². The Hall–Kier alpha value is -3.94. The van der Waals surface area contributed by atoms with Crippen LogP contribution in [0.2, 0.25) is 0 Å². The number of methoxy groups -OCH3 is 1. The lowest BCUT2D eigenvalue weighted by molar-refractivity contribution is -0.119. The molecule has 1 amide bonds. The van der Waals surface area contributed by atoms with Crippen LogP contribution in [0.3, 0.4) is 0 Å². The zero-order chi connectivity index (χ0) is 21.4. The van der Waals surface area contributed by atoms with E-state index in [2.05, 4.69) is 9.97 Å². The largest absolute Gasteiger partial charge is 0.497 e. The summed E-state index contributed by atoms with van der Waals surface area (Å²) in [4.78, 5) is 31.4. The summed E-state index contributed by atoms with van der Waals surface area (Å²) >= 11 is 0. The Labute approximate surface area is 179 Å². The number of carbonyl (C=O) groups excluding carboxylic acids is 1. The highest BCUT2D eigenvalue weighted by Crippen LogP contribution is 2.35. The molecule has 1 saturated heterocycles. The molecule has 0 bridgehead atoms. The summed E-state index contributed by atoms with van der Waals surface area (Å²) in [5, 5.41) is 0.839. The van der Waals surface area contributed by atoms with Crippen LogP contribution in [-0.4, -0.2) is 45.5 Å². The van der Waals surface area contributed by atoms with Crippen molar-refractivity contribution in [1.82, 2.24) is 19.9 Å². The van der Waals surface area contributed by atoms with Gasteiger partial charge in [-0.2, -0.15) is 0 Å². The van der Waals surface area contributed by atoms with Gasteiger partial charge in [-0.25, -0.2) is 9.97 Å². The van der Waals surface area contributed by atoms with Crippen molar-refractivity contribution in [2.75, 3.05) is 18.6 Å². The summed E-state index contributed by atoms with van der Waals surface area (Å²) in [5.41, 5.74) is 8.89. The molecule has 0 radical (unpaired) electrons. The second kappa shape index (κ2) is 7.71. The third-order valence-corrected chi connectivity index (χ3v) is 5.60. The first-order valence-electron chi connectivity index (χ1n) is 10.2. The average molecular weight is 414 g/mol. The fourth-order valence-electron chi connectivity index (χ4n) is 4.08. The second-order valence-electron chi connectivity index (χ2n) is 7.52. The van der Waals surface area contributed by atoms with E-state index in [-0.39, 0.29) is 11.9 Å². The first-order valence-corrected chi connectivity index (χ1v) is 10.2. The van der Waals surface area contributed by atoms with Crippen molar-refractivity contribution in [1.29, 1.82) is 0 Å². The minimum absolute atomic E-state index is 0.341. The Bertz CT molecular complexity index is 1250. The quantitative estimate of drug-likeness (QED) is 0.519. The molecule has 4 aromatic rings. The van der Waals surface area contributed by atoms with Crippen LogP contribution in [0, 0.1) is 0 Å². The van der Waals surface area contributed by atoms with E-state index >= 15 is 0 Å². The maximum atomic E-state index is 12.1. The topological polar surface area (TPSA) is 110 Å². The molecule has 1 fully saturated rings. The Morgan fingerprint density at radius 1 is 1.19 bits per heavy atom. The van der Waals surface area contributed by atoms with Gasteiger partial charge in [0.25, 0.3) is 0 Å². The fourth-order valence-corrected chi connectivity index (χ4v) is 4.08. The van der Waals surface area contributed by atoms with Crippen LogP contribution in [-0.2, 0) is 4.79 Å². The molecule has 5 rings (SSSR count). The van der Waals surface area contributed by atoms with Gasteiger partial charge in [-0.05, 0) is 43.2 Å². The van der Waals surface area contributed by atoms with Crippen LogP contribution in [0.4, 0.5) is 5.82 Å². The van der Waals surface area contributed by atoms with E-state index in [1.54, 1.807) is 13.3 Å². The highest BCUT2D eigenvalue weighted by molar-refractivity contribution is 5.95. The lowest BCUT2D eigenvalue weighted by atomic mass is 10.1. The maximum absolute atomic E-state index is 12.1. The maximum Gasteiger partial charge on any atom is 0.240 e. The van der Waals surface area contributed by atoms with Crippen LogP contribution in [0.1, 0.15) is 12.8 Å². The van der Waals surface area contributed by atoms with E-state index in [1.807, 2.05) is 53.4 Å². The number of benzene rings is 1. The Balaban J connectivity index is 1.70. The van der Waals surface area contributed by atoms with Crippen molar-refractivity contribution < 1.29 is 9.53 Å². The summed E-state index contributed by atoms with van der Waals surface area (Å²) in [6.45, 7) is 0.709. The van der Waals surface area contributed by atoms with E-state index in [0.29, 0.717) is 35.9 Å². The number of amides is 1. The van der Waals surface area contributed by atoms with Gasteiger partial charge < -0.3 is 20.4 Å². The van der Waals surface area contributed by atoms with E-state index in [0.717, 1.165) is 28.8 Å². The fraction of sp³-hybridized carbons (Fsp3) is 0.217. The van der Waals surface area contributed by atoms with E-state index in [9.17, 15) is 4.79 Å². The van der Waals surface area contributed by atoms with Gasteiger partial charge in [0, 0.05) is 24.0 Å². The average Bonchev–Trinajstić information content (AvgIpc) is 3.46. The molecule has 0 saturated carbocycles. The first kappa shape index (κ1) is 19.0. The molecule has 1 aromatic carbocycles. The van der Waals surface area contributed by atoms with Crippen LogP contribution in [0.25, 0.3) is 33.8 Å². The summed E-state index contributed by atoms with van der Waals surface area (Å²) < 4.78 is 5.36. The molecule has 8 heteroatoms. The lowest BCUT2D eigenvalue weighted by Gasteiger charge is -2.24. The van der Waals surface area contributed by atoms with Gasteiger partial charge >= 0.3 is 0 Å². The molecule has 156 valence electrons. The van der Waals surface area contributed by atoms with E-state index in [1.165, 1.54) is 0 Å². The number of aromatic amines is 1. The highest BCUT2D eigenvalue weighted by Gasteiger charge is 2.32. The van der Waals surface area contributed by atoms with Gasteiger partial charge in [0.2, 0.25) is 5.91 Å². The normalized spacial score (nSPS) is 16.0. The van der Waals surface area contributed by atoms with Gasteiger partial charge in [-0.3, -0.25) is 9.78 Å². The summed E-state index contributed by atoms with van der Waals surface area (Å²) in [6.07, 6.45) is 3.30. The SMILES string of the molecule is COc1cccc(-c2cc3c(N4CCCC4C(N)=O)nc(-c4ccccn4)nc3[nH]2)c1. The molecule has 1 unspecified atom stereocenters. The van der Waals surface area contributed by atoms with Gasteiger partial charge in [-0.1, -0.05) is 18.2 Å². The van der Waals surface area contributed by atoms with Gasteiger partial charge in [-0.15, -0.1) is 0 Å². The summed E-state index contributed by atoms with van der Waals surface area (Å²) in [5.74, 6) is 1.62. The highest BCUT2D eigenvalue weighted by atomic mass is 16.5. The van der Waals surface area contributed by atoms with Crippen molar-refractivity contribution in [3.05, 3.63) is 54.7 Å². The number of ether oxygens (including phenoxy) is 1. The van der Waals surface area contributed by atoms with Crippen molar-refractivity contribution >= 4 is 22.8 Å². The molecular formula is C23H22N6O2. The number of anilines is 1. The predicted molar refractivity (Wildman–Crippen MR) is 119 cm³/mol. The first-order chi connectivity index (χ1) is 15.1. The minimum Gasteiger partial charge on any atom is -0.497 e. The molecule has 8 nitrogen and oxygen atoms in total. The van der Waals surface area contributed by atoms with Crippen molar-refractivity contribution in [3.63, 3.8) is 0 Å². The molecule has 1 aliphatic rings. The number of nitrogens with zero attached hydrogens (tertiary/aromatic N) is 4. The van der Waals surface area contributed by atoms with Gasteiger partial charge in [0.05, 0.1) is 12.5 Å². The van der Waals surface area contributed by atoms with E-state index < -0.39 is 0 Å². The molecular weight excluding hydrogens is 392 g/mol. The standard InChI is InChI=1S/C23H22N6O2/c1-31-15-7-4-6-14(12-15)18-13-16-21(26-18)27-22(17-8-2-3-10-25-17)28-23(16)29-11-5-9-19(29)20(24)30/h2-4,6-8,10,12-13,19H,5,9,11H2,1H3,(H2,24,30)(H,26,27,28). The number of nitrogens with one attached hydrogen (secondary N) is 1. The number of rotatable bonds is 5. The molecule has 0 aliphatic carbocycles. The second-order valence-corrected chi connectivity index (χ2v) is 7.52. The number of H-pyrrole nitrogens is 1. The number of pyridine rings is 1. The Kier molecular flexibility index (Phi) is 4.74. The Morgan fingerprint density at radius 3 is 2.87 bits per heavy atom. The number of nitrogens with two attached hydrogens (primary N) is 1. The van der Waals surface area contributed by atoms with Crippen LogP contribution < -0.4 is 15.4 Å². The lowest BCUT2D eigenvalue weighted by Crippen LogP contribution is -2.40. The zero-order valence-corrected chi connectivity index (χ0v) is 17.1. The third-order valence-electron chi connectivity index (χ3n) is 5.60. The number of fused-ring (bicyclic) bond motifs is 1. The molecule has 3 aromatic heterocycles. The van der Waals surface area contributed by atoms with Crippen molar-refractivity contribution in [2.24, 2.45) is 5.73 Å². The summed E-state index contributed by atoms with van der Waals surface area (Å²) in [6, 6.07) is 15.0. The monoisotopic (exact) mass is 414 g/mol. The van der Waals surface area contributed by atoms with Crippen LogP contribution >= 0.6 is 0 Å². The number of hydrogen-bond donors (Lipinski definition) is 2. The smallest absolute Gasteiger partial charge is 0.240 e. The minimum atomic E-state index is -0.384. The summed E-state index contributed by atoms with van der Waals surface area (Å²) in [7, 11) is 1.64. The molecule has 0 spiro atoms. The number of aromatic nitrogens is 4.